The van der Waals surface area contributed by atoms with Gasteiger partial charge in [-0.05, 0) is 25.8 Å². The van der Waals surface area contributed by atoms with Crippen molar-refractivity contribution >= 4 is 28.3 Å². The largest absolute Gasteiger partial charge is 0.474 e. The molecule has 1 unspecified atom stereocenters. The van der Waals surface area contributed by atoms with Crippen LogP contribution in [0.25, 0.3) is 10.9 Å². The zero-order valence-corrected chi connectivity index (χ0v) is 18.5. The van der Waals surface area contributed by atoms with E-state index in [0.29, 0.717) is 44.0 Å². The second kappa shape index (κ2) is 7.23. The van der Waals surface area contributed by atoms with Crippen molar-refractivity contribution in [3.8, 4) is 11.9 Å². The first-order chi connectivity index (χ1) is 15.4. The van der Waals surface area contributed by atoms with E-state index in [9.17, 15) is 4.39 Å². The minimum absolute atomic E-state index is 0.00150. The van der Waals surface area contributed by atoms with Gasteiger partial charge in [0.1, 0.15) is 41.6 Å². The third-order valence-electron chi connectivity index (χ3n) is 7.49. The van der Waals surface area contributed by atoms with E-state index in [2.05, 4.69) is 19.9 Å². The maximum absolute atomic E-state index is 15.0. The molecule has 11 heteroatoms. The van der Waals surface area contributed by atoms with E-state index in [1.165, 1.54) is 0 Å². The molecule has 4 aliphatic heterocycles. The number of anilines is 1. The highest BCUT2D eigenvalue weighted by atomic mass is 35.5. The average Bonchev–Trinajstić information content (AvgIpc) is 3.45. The zero-order chi connectivity index (χ0) is 22.1. The number of aromatic nitrogens is 3. The zero-order valence-electron chi connectivity index (χ0n) is 17.7. The smallest absolute Gasteiger partial charge is 0.319 e. The van der Waals surface area contributed by atoms with Gasteiger partial charge in [0.2, 0.25) is 5.88 Å². The quantitative estimate of drug-likeness (QED) is 0.638. The van der Waals surface area contributed by atoms with Crippen LogP contribution in [-0.2, 0) is 4.74 Å². The van der Waals surface area contributed by atoms with Gasteiger partial charge < -0.3 is 19.1 Å². The summed E-state index contributed by atoms with van der Waals surface area (Å²) in [5.41, 5.74) is -0.824. The van der Waals surface area contributed by atoms with Crippen LogP contribution in [0.5, 0.6) is 11.9 Å². The first-order valence-electron chi connectivity index (χ1n) is 10.9. The molecule has 0 aliphatic carbocycles. The predicted molar refractivity (Wildman–Crippen MR) is 113 cm³/mol. The predicted octanol–water partition coefficient (Wildman–Crippen LogP) is 2.76. The van der Waals surface area contributed by atoms with Gasteiger partial charge in [0.25, 0.3) is 0 Å². The van der Waals surface area contributed by atoms with Gasteiger partial charge in [-0.2, -0.15) is 15.0 Å². The van der Waals surface area contributed by atoms with Crippen molar-refractivity contribution in [1.29, 1.82) is 0 Å². The SMILES string of the molecule is CN1c2nc(OC[C@@]34CCCN3C[C@H](F)C4)nc3c(F)c(Cl)nc(c23)OCC12CCOC2. The topological polar surface area (TPSA) is 72.8 Å². The Bertz CT molecular complexity index is 1090. The fraction of sp³-hybridized carbons (Fsp3) is 0.667. The summed E-state index contributed by atoms with van der Waals surface area (Å²) in [5.74, 6) is -0.0956. The molecule has 172 valence electrons. The van der Waals surface area contributed by atoms with Crippen molar-refractivity contribution in [2.24, 2.45) is 0 Å². The lowest BCUT2D eigenvalue weighted by atomic mass is 9.95. The lowest BCUT2D eigenvalue weighted by Gasteiger charge is -2.36. The van der Waals surface area contributed by atoms with E-state index in [4.69, 9.17) is 25.8 Å². The first kappa shape index (κ1) is 20.6. The summed E-state index contributed by atoms with van der Waals surface area (Å²) in [4.78, 5) is 17.2. The van der Waals surface area contributed by atoms with Gasteiger partial charge in [-0.15, -0.1) is 0 Å². The number of likely N-dealkylation sites (N-methyl/N-ethyl adjacent to an activating group) is 1. The first-order valence-corrected chi connectivity index (χ1v) is 11.3. The van der Waals surface area contributed by atoms with Crippen molar-refractivity contribution in [1.82, 2.24) is 19.9 Å². The number of hydrogen-bond acceptors (Lipinski definition) is 8. The van der Waals surface area contributed by atoms with Crippen molar-refractivity contribution in [2.45, 2.75) is 42.9 Å². The summed E-state index contributed by atoms with van der Waals surface area (Å²) in [6.45, 7) is 2.87. The van der Waals surface area contributed by atoms with Crippen LogP contribution in [0.2, 0.25) is 5.15 Å². The molecule has 4 aliphatic rings. The third-order valence-corrected chi connectivity index (χ3v) is 7.74. The molecule has 8 nitrogen and oxygen atoms in total. The molecule has 2 aromatic heterocycles. The van der Waals surface area contributed by atoms with E-state index in [1.54, 1.807) is 0 Å². The highest BCUT2D eigenvalue weighted by Gasteiger charge is 2.50. The van der Waals surface area contributed by atoms with Gasteiger partial charge in [0, 0.05) is 26.6 Å². The number of pyridine rings is 1. The Balaban J connectivity index is 1.42. The molecular formula is C21H24ClF2N5O3. The molecule has 3 atom stereocenters. The van der Waals surface area contributed by atoms with E-state index in [-0.39, 0.29) is 34.7 Å². The molecule has 3 fully saturated rings. The number of alkyl halides is 1. The van der Waals surface area contributed by atoms with Gasteiger partial charge in [-0.3, -0.25) is 4.90 Å². The van der Waals surface area contributed by atoms with Crippen molar-refractivity contribution in [3.63, 3.8) is 0 Å². The van der Waals surface area contributed by atoms with Crippen LogP contribution in [0.15, 0.2) is 0 Å². The summed E-state index contributed by atoms with van der Waals surface area (Å²) in [6, 6.07) is 0.0333. The molecule has 6 rings (SSSR count). The Labute approximate surface area is 188 Å². The minimum Gasteiger partial charge on any atom is -0.474 e. The highest BCUT2D eigenvalue weighted by Crippen LogP contribution is 2.44. The van der Waals surface area contributed by atoms with E-state index >= 15 is 4.39 Å². The van der Waals surface area contributed by atoms with Crippen LogP contribution >= 0.6 is 11.6 Å². The second-order valence-corrected chi connectivity index (χ2v) is 9.67. The van der Waals surface area contributed by atoms with Crippen LogP contribution < -0.4 is 14.4 Å². The molecule has 0 saturated carbocycles. The fourth-order valence-electron chi connectivity index (χ4n) is 5.63. The Morgan fingerprint density at radius 2 is 2.12 bits per heavy atom. The van der Waals surface area contributed by atoms with Crippen molar-refractivity contribution in [2.75, 3.05) is 51.5 Å². The van der Waals surface area contributed by atoms with Crippen LogP contribution in [0.1, 0.15) is 25.7 Å². The molecule has 0 amide bonds. The van der Waals surface area contributed by atoms with E-state index in [1.807, 2.05) is 11.9 Å². The number of hydrogen-bond donors (Lipinski definition) is 0. The molecule has 32 heavy (non-hydrogen) atoms. The molecule has 0 bridgehead atoms. The van der Waals surface area contributed by atoms with Crippen molar-refractivity contribution < 1.29 is 23.0 Å². The Hall–Kier alpha value is -2.04. The molecule has 2 aromatic rings. The van der Waals surface area contributed by atoms with Crippen molar-refractivity contribution in [3.05, 3.63) is 11.0 Å². The van der Waals surface area contributed by atoms with Gasteiger partial charge in [0.15, 0.2) is 11.0 Å². The maximum atomic E-state index is 15.0. The number of ether oxygens (including phenoxy) is 3. The second-order valence-electron chi connectivity index (χ2n) is 9.31. The molecule has 6 heterocycles. The molecule has 3 saturated heterocycles. The molecule has 0 aromatic carbocycles. The summed E-state index contributed by atoms with van der Waals surface area (Å²) in [7, 11) is 1.88. The standard InChI is InChI=1S/C21H24ClF2N5O3/c1-28-17-13-15(14(24)16(22)26-18(13)31-11-21(28)4-6-30-9-21)25-19(27-17)32-10-20-3-2-5-29(20)8-12(23)7-20/h12H,2-11H2,1H3/t12-,20+,21?/m1/s1. The molecule has 1 spiro atoms. The number of nitrogens with zero attached hydrogens (tertiary/aromatic N) is 5. The number of halogens is 3. The fourth-order valence-corrected chi connectivity index (χ4v) is 5.80. The normalized spacial score (nSPS) is 31.9. The lowest BCUT2D eigenvalue weighted by molar-refractivity contribution is 0.107. The van der Waals surface area contributed by atoms with Crippen LogP contribution in [0.4, 0.5) is 14.6 Å². The highest BCUT2D eigenvalue weighted by molar-refractivity contribution is 6.30. The Morgan fingerprint density at radius 3 is 2.94 bits per heavy atom. The minimum atomic E-state index is -0.864. The Morgan fingerprint density at radius 1 is 1.25 bits per heavy atom. The molecule has 0 N–H and O–H groups in total. The summed E-state index contributed by atoms with van der Waals surface area (Å²) in [6.07, 6.45) is 2.15. The van der Waals surface area contributed by atoms with E-state index < -0.39 is 17.5 Å². The van der Waals surface area contributed by atoms with Gasteiger partial charge in [-0.1, -0.05) is 11.6 Å². The van der Waals surface area contributed by atoms with Crippen LogP contribution in [0, 0.1) is 5.82 Å². The van der Waals surface area contributed by atoms with Crippen LogP contribution in [-0.4, -0.2) is 83.7 Å². The van der Waals surface area contributed by atoms with Gasteiger partial charge >= 0.3 is 6.01 Å². The summed E-state index contributed by atoms with van der Waals surface area (Å²) >= 11 is 6.06. The third kappa shape index (κ3) is 2.95. The summed E-state index contributed by atoms with van der Waals surface area (Å²) < 4.78 is 46.8. The van der Waals surface area contributed by atoms with E-state index in [0.717, 1.165) is 25.8 Å². The lowest BCUT2D eigenvalue weighted by Crippen LogP contribution is -2.51. The summed E-state index contributed by atoms with van der Waals surface area (Å²) in [5, 5.41) is 0.0388. The monoisotopic (exact) mass is 467 g/mol. The number of fused-ring (bicyclic) bond motifs is 1. The average molecular weight is 468 g/mol. The molecular weight excluding hydrogens is 444 g/mol. The molecule has 0 radical (unpaired) electrons. The van der Waals surface area contributed by atoms with Gasteiger partial charge in [-0.25, -0.2) is 8.78 Å². The van der Waals surface area contributed by atoms with Crippen LogP contribution in [0.3, 0.4) is 0 Å². The van der Waals surface area contributed by atoms with Gasteiger partial charge in [0.05, 0.1) is 12.1 Å². The number of rotatable bonds is 3. The Kier molecular flexibility index (Phi) is 4.64. The maximum Gasteiger partial charge on any atom is 0.319 e.